The van der Waals surface area contributed by atoms with Crippen molar-refractivity contribution in [2.75, 3.05) is 0 Å². The van der Waals surface area contributed by atoms with Gasteiger partial charge in [0.05, 0.1) is 0 Å². The van der Waals surface area contributed by atoms with E-state index in [0.29, 0.717) is 5.92 Å². The molecule has 0 radical (unpaired) electrons. The average Bonchev–Trinajstić information content (AvgIpc) is 3.81. The van der Waals surface area contributed by atoms with Crippen molar-refractivity contribution < 1.29 is 8.83 Å². The first-order valence-electron chi connectivity index (χ1n) is 20.6. The number of fused-ring (bicyclic) bond motifs is 18. The number of hydrogen-bond donors (Lipinski definition) is 0. The normalized spacial score (nSPS) is 18.4. The van der Waals surface area contributed by atoms with Crippen molar-refractivity contribution in [3.05, 3.63) is 186 Å². The lowest BCUT2D eigenvalue weighted by Gasteiger charge is -2.41. The van der Waals surface area contributed by atoms with Crippen LogP contribution in [0.15, 0.2) is 167 Å². The minimum absolute atomic E-state index is 0.0794. The molecule has 0 saturated heterocycles. The maximum atomic E-state index is 6.50. The van der Waals surface area contributed by atoms with Crippen LogP contribution < -0.4 is 0 Å². The van der Waals surface area contributed by atoms with Gasteiger partial charge in [0.15, 0.2) is 0 Å². The van der Waals surface area contributed by atoms with E-state index < -0.39 is 0 Å². The number of hydrogen-bond acceptors (Lipinski definition) is 2. The van der Waals surface area contributed by atoms with Crippen LogP contribution in [-0.4, -0.2) is 0 Å². The first kappa shape index (κ1) is 32.2. The molecule has 0 aliphatic heterocycles. The van der Waals surface area contributed by atoms with Crippen molar-refractivity contribution in [3.8, 4) is 22.3 Å². The second kappa shape index (κ2) is 11.6. The first-order chi connectivity index (χ1) is 28.5. The van der Waals surface area contributed by atoms with Gasteiger partial charge >= 0.3 is 0 Å². The molecule has 10 aromatic rings. The molecule has 2 aromatic heterocycles. The van der Waals surface area contributed by atoms with Crippen LogP contribution in [0.2, 0.25) is 0 Å². The maximum absolute atomic E-state index is 6.50. The Morgan fingerprint density at radius 1 is 0.517 bits per heavy atom. The molecule has 0 bridgehead atoms. The Morgan fingerprint density at radius 2 is 1.14 bits per heavy atom. The van der Waals surface area contributed by atoms with Crippen LogP contribution in [0.1, 0.15) is 60.4 Å². The molecule has 58 heavy (non-hydrogen) atoms. The lowest BCUT2D eigenvalue weighted by atomic mass is 9.62. The average molecular weight is 743 g/mol. The summed E-state index contributed by atoms with van der Waals surface area (Å²) in [5, 5.41) is 9.77. The summed E-state index contributed by atoms with van der Waals surface area (Å²) in [7, 11) is 0. The fourth-order valence-corrected chi connectivity index (χ4v) is 10.8. The van der Waals surface area contributed by atoms with E-state index >= 15 is 0 Å². The van der Waals surface area contributed by atoms with Gasteiger partial charge < -0.3 is 8.83 Å². The van der Waals surface area contributed by atoms with Gasteiger partial charge in [-0.15, -0.1) is 0 Å². The van der Waals surface area contributed by atoms with Crippen LogP contribution in [0.25, 0.3) is 105 Å². The molecule has 3 aliphatic carbocycles. The summed E-state index contributed by atoms with van der Waals surface area (Å²) in [6, 6.07) is 51.5. The molecular weight excluding hydrogens is 705 g/mol. The molecule has 8 aromatic carbocycles. The van der Waals surface area contributed by atoms with Crippen LogP contribution in [0, 0.1) is 0 Å². The van der Waals surface area contributed by atoms with Crippen molar-refractivity contribution >= 4 is 82.6 Å². The Bertz CT molecular complexity index is 3540. The Kier molecular flexibility index (Phi) is 6.44. The third-order valence-electron chi connectivity index (χ3n) is 13.8. The monoisotopic (exact) mass is 742 g/mol. The van der Waals surface area contributed by atoms with Crippen molar-refractivity contribution in [3.63, 3.8) is 0 Å². The van der Waals surface area contributed by atoms with Gasteiger partial charge in [-0.1, -0.05) is 129 Å². The first-order valence-corrected chi connectivity index (χ1v) is 20.6. The molecule has 2 nitrogen and oxygen atoms in total. The van der Waals surface area contributed by atoms with Gasteiger partial charge in [-0.25, -0.2) is 0 Å². The summed E-state index contributed by atoms with van der Waals surface area (Å²) in [6.07, 6.45) is 11.6. The van der Waals surface area contributed by atoms with Crippen molar-refractivity contribution in [2.45, 2.75) is 38.0 Å². The molecule has 3 aliphatic rings. The smallest absolute Gasteiger partial charge is 0.139 e. The summed E-state index contributed by atoms with van der Waals surface area (Å²) in [5.74, 6) is 0.485. The molecule has 0 amide bonds. The molecule has 0 saturated carbocycles. The zero-order valence-corrected chi connectivity index (χ0v) is 32.4. The van der Waals surface area contributed by atoms with Crippen LogP contribution >= 0.6 is 0 Å². The molecule has 2 heterocycles. The van der Waals surface area contributed by atoms with Gasteiger partial charge in [0.25, 0.3) is 0 Å². The van der Waals surface area contributed by atoms with Crippen LogP contribution in [-0.2, 0) is 5.41 Å². The fraction of sp³-hybridized carbons (Fsp3) is 0.107. The largest absolute Gasteiger partial charge is 0.456 e. The van der Waals surface area contributed by atoms with Crippen molar-refractivity contribution in [2.24, 2.45) is 0 Å². The minimum atomic E-state index is -0.0794. The van der Waals surface area contributed by atoms with Gasteiger partial charge in [-0.05, 0) is 144 Å². The molecule has 0 N–H and O–H groups in total. The van der Waals surface area contributed by atoms with Crippen molar-refractivity contribution in [1.29, 1.82) is 0 Å². The van der Waals surface area contributed by atoms with E-state index in [1.54, 1.807) is 0 Å². The standard InChI is InChI=1S/C56H38O2/c1-32-10-9-16-42-37-11-3-4-12-38(37)44-26-33(18-21-43(44)55(32)42)34-19-22-51-45(27-34)47-30-48-46-28-35(20-23-52(46)58-54(48)31-53(47)57-51)36-24-25-56(2)49-17-8-7-14-40(49)39-13-5-6-15-41(39)50(56)29-36/h3-9,11-24,26-32H,10,25H2,1-2H3. The van der Waals surface area contributed by atoms with E-state index in [1.165, 1.54) is 82.8 Å². The van der Waals surface area contributed by atoms with Crippen molar-refractivity contribution in [1.82, 2.24) is 0 Å². The third kappa shape index (κ3) is 4.38. The highest BCUT2D eigenvalue weighted by atomic mass is 16.3. The fourth-order valence-electron chi connectivity index (χ4n) is 10.8. The number of benzene rings is 8. The molecule has 2 atom stereocenters. The molecular formula is C56H38O2. The Labute approximate surface area is 336 Å². The van der Waals surface area contributed by atoms with E-state index in [9.17, 15) is 0 Å². The van der Waals surface area contributed by atoms with Gasteiger partial charge in [0, 0.05) is 33.0 Å². The second-order valence-corrected chi connectivity index (χ2v) is 17.0. The number of furan rings is 2. The van der Waals surface area contributed by atoms with E-state index in [0.717, 1.165) is 56.7 Å². The lowest BCUT2D eigenvalue weighted by molar-refractivity contribution is 0.619. The van der Waals surface area contributed by atoms with E-state index in [4.69, 9.17) is 8.83 Å². The molecule has 2 heteroatoms. The number of allylic oxidation sites excluding steroid dienone is 5. The van der Waals surface area contributed by atoms with Gasteiger partial charge in [-0.2, -0.15) is 0 Å². The van der Waals surface area contributed by atoms with Crippen LogP contribution in [0.3, 0.4) is 0 Å². The molecule has 274 valence electrons. The summed E-state index contributed by atoms with van der Waals surface area (Å²) in [5.41, 5.74) is 17.9. The molecule has 0 spiro atoms. The predicted octanol–water partition coefficient (Wildman–Crippen LogP) is 15.8. The summed E-state index contributed by atoms with van der Waals surface area (Å²) in [6.45, 7) is 4.77. The Hall–Kier alpha value is -6.90. The molecule has 2 unspecified atom stereocenters. The van der Waals surface area contributed by atoms with E-state index in [-0.39, 0.29) is 5.41 Å². The molecule has 0 fully saturated rings. The lowest BCUT2D eigenvalue weighted by Crippen LogP contribution is -2.29. The number of rotatable bonds is 2. The Morgan fingerprint density at radius 3 is 1.93 bits per heavy atom. The predicted molar refractivity (Wildman–Crippen MR) is 243 cm³/mol. The maximum Gasteiger partial charge on any atom is 0.139 e. The van der Waals surface area contributed by atoms with E-state index in [2.05, 4.69) is 178 Å². The highest BCUT2D eigenvalue weighted by Gasteiger charge is 2.40. The van der Waals surface area contributed by atoms with Gasteiger partial charge in [0.1, 0.15) is 22.3 Å². The van der Waals surface area contributed by atoms with Gasteiger partial charge in [0.2, 0.25) is 0 Å². The SMILES string of the molecule is CC1CC=Cc2c1c1ccc(-c3ccc4oc5cc6oc7ccc(C8=CCC9(C)C(=C8)c8ccccc8-c8ccccc89)cc7c6cc5c4c3)cc1c1ccccc21. The highest BCUT2D eigenvalue weighted by Crippen LogP contribution is 2.55. The summed E-state index contributed by atoms with van der Waals surface area (Å²) >= 11 is 0. The zero-order chi connectivity index (χ0) is 38.3. The minimum Gasteiger partial charge on any atom is -0.456 e. The van der Waals surface area contributed by atoms with Gasteiger partial charge in [-0.3, -0.25) is 0 Å². The quantitative estimate of drug-likeness (QED) is 0.165. The highest BCUT2D eigenvalue weighted by molar-refractivity contribution is 6.17. The second-order valence-electron chi connectivity index (χ2n) is 17.0. The molecule has 13 rings (SSSR count). The third-order valence-corrected chi connectivity index (χ3v) is 13.8. The van der Waals surface area contributed by atoms with Crippen LogP contribution in [0.4, 0.5) is 0 Å². The zero-order valence-electron chi connectivity index (χ0n) is 32.4. The van der Waals surface area contributed by atoms with E-state index in [1.807, 2.05) is 0 Å². The summed E-state index contributed by atoms with van der Waals surface area (Å²) < 4.78 is 13.0. The Balaban J connectivity index is 0.934. The summed E-state index contributed by atoms with van der Waals surface area (Å²) in [4.78, 5) is 0. The topological polar surface area (TPSA) is 26.3 Å². The van der Waals surface area contributed by atoms with Crippen LogP contribution in [0.5, 0.6) is 0 Å².